The second-order valence-corrected chi connectivity index (χ2v) is 5.80. The first-order chi connectivity index (χ1) is 11.3. The maximum atomic E-state index is 4.34. The van der Waals surface area contributed by atoms with Crippen LogP contribution in [-0.2, 0) is 0 Å². The SMILES string of the molecule is Cc1ccc(N2CC(CNc3ncnc4cnccc34)C2)nn1. The van der Waals surface area contributed by atoms with Gasteiger partial charge in [-0.1, -0.05) is 0 Å². The number of hydrogen-bond acceptors (Lipinski definition) is 7. The molecular weight excluding hydrogens is 290 g/mol. The molecule has 0 saturated carbocycles. The van der Waals surface area contributed by atoms with Crippen LogP contribution in [0, 0.1) is 12.8 Å². The lowest BCUT2D eigenvalue weighted by Gasteiger charge is -2.40. The molecule has 4 rings (SSSR count). The van der Waals surface area contributed by atoms with E-state index in [4.69, 9.17) is 0 Å². The molecule has 23 heavy (non-hydrogen) atoms. The summed E-state index contributed by atoms with van der Waals surface area (Å²) in [6, 6.07) is 5.96. The monoisotopic (exact) mass is 307 g/mol. The molecule has 0 atom stereocenters. The van der Waals surface area contributed by atoms with E-state index < -0.39 is 0 Å². The maximum Gasteiger partial charge on any atom is 0.151 e. The van der Waals surface area contributed by atoms with Crippen LogP contribution in [0.4, 0.5) is 11.6 Å². The first-order valence-corrected chi connectivity index (χ1v) is 7.63. The Morgan fingerprint density at radius 1 is 1.17 bits per heavy atom. The molecule has 0 aromatic carbocycles. The van der Waals surface area contributed by atoms with Gasteiger partial charge >= 0.3 is 0 Å². The van der Waals surface area contributed by atoms with Crippen molar-refractivity contribution in [1.29, 1.82) is 0 Å². The van der Waals surface area contributed by atoms with Gasteiger partial charge in [-0.15, -0.1) is 5.10 Å². The van der Waals surface area contributed by atoms with Gasteiger partial charge in [0.15, 0.2) is 5.82 Å². The zero-order valence-corrected chi connectivity index (χ0v) is 12.8. The molecule has 1 aliphatic rings. The molecule has 7 nitrogen and oxygen atoms in total. The molecule has 0 aliphatic carbocycles. The average Bonchev–Trinajstić information content (AvgIpc) is 2.55. The summed E-state index contributed by atoms with van der Waals surface area (Å²) in [6.45, 7) is 4.79. The van der Waals surface area contributed by atoms with Crippen LogP contribution in [0.1, 0.15) is 5.69 Å². The molecule has 1 aliphatic heterocycles. The number of pyridine rings is 1. The standard InChI is InChI=1S/C16H17N7/c1-11-2-3-15(22-21-11)23-8-12(9-23)6-18-16-13-4-5-17-7-14(13)19-10-20-16/h2-5,7,10,12H,6,8-9H2,1H3,(H,18,19,20). The van der Waals surface area contributed by atoms with Gasteiger partial charge in [0.25, 0.3) is 0 Å². The Balaban J connectivity index is 1.37. The number of aromatic nitrogens is 5. The van der Waals surface area contributed by atoms with Crippen molar-refractivity contribution in [3.63, 3.8) is 0 Å². The fourth-order valence-corrected chi connectivity index (χ4v) is 2.74. The molecule has 3 aromatic heterocycles. The van der Waals surface area contributed by atoms with Crippen molar-refractivity contribution in [3.8, 4) is 0 Å². The summed E-state index contributed by atoms with van der Waals surface area (Å²) in [6.07, 6.45) is 5.09. The second-order valence-electron chi connectivity index (χ2n) is 5.80. The Morgan fingerprint density at radius 3 is 2.91 bits per heavy atom. The van der Waals surface area contributed by atoms with Gasteiger partial charge in [-0.05, 0) is 25.1 Å². The minimum atomic E-state index is 0.574. The Morgan fingerprint density at radius 2 is 2.09 bits per heavy atom. The van der Waals surface area contributed by atoms with Gasteiger partial charge in [0, 0.05) is 37.1 Å². The normalized spacial score (nSPS) is 14.7. The number of hydrogen-bond donors (Lipinski definition) is 1. The van der Waals surface area contributed by atoms with Gasteiger partial charge in [-0.2, -0.15) is 5.10 Å². The largest absolute Gasteiger partial charge is 0.369 e. The molecule has 1 saturated heterocycles. The number of fused-ring (bicyclic) bond motifs is 1. The van der Waals surface area contributed by atoms with E-state index >= 15 is 0 Å². The van der Waals surface area contributed by atoms with Crippen molar-refractivity contribution >= 4 is 22.5 Å². The topological polar surface area (TPSA) is 79.7 Å². The molecule has 1 N–H and O–H groups in total. The fraction of sp³-hybridized carbons (Fsp3) is 0.312. The first-order valence-electron chi connectivity index (χ1n) is 7.63. The van der Waals surface area contributed by atoms with Gasteiger partial charge < -0.3 is 10.2 Å². The van der Waals surface area contributed by atoms with E-state index in [0.29, 0.717) is 5.92 Å². The number of anilines is 2. The number of rotatable bonds is 4. The van der Waals surface area contributed by atoms with Crippen LogP contribution in [0.5, 0.6) is 0 Å². The predicted molar refractivity (Wildman–Crippen MR) is 88.3 cm³/mol. The lowest BCUT2D eigenvalue weighted by molar-refractivity contribution is 0.425. The van der Waals surface area contributed by atoms with Crippen molar-refractivity contribution in [1.82, 2.24) is 25.1 Å². The number of nitrogens with zero attached hydrogens (tertiary/aromatic N) is 6. The van der Waals surface area contributed by atoms with Crippen molar-refractivity contribution in [3.05, 3.63) is 42.6 Å². The highest BCUT2D eigenvalue weighted by Gasteiger charge is 2.27. The van der Waals surface area contributed by atoms with Crippen LogP contribution >= 0.6 is 0 Å². The van der Waals surface area contributed by atoms with Gasteiger partial charge in [-0.25, -0.2) is 9.97 Å². The molecule has 1 fully saturated rings. The molecular formula is C16H17N7. The van der Waals surface area contributed by atoms with Crippen molar-refractivity contribution in [2.24, 2.45) is 5.92 Å². The van der Waals surface area contributed by atoms with E-state index in [0.717, 1.165) is 47.9 Å². The van der Waals surface area contributed by atoms with Gasteiger partial charge in [0.2, 0.25) is 0 Å². The highest BCUT2D eigenvalue weighted by atomic mass is 15.3. The minimum Gasteiger partial charge on any atom is -0.369 e. The summed E-state index contributed by atoms with van der Waals surface area (Å²) in [5, 5.41) is 12.8. The van der Waals surface area contributed by atoms with Crippen LogP contribution in [0.2, 0.25) is 0 Å². The molecule has 4 heterocycles. The van der Waals surface area contributed by atoms with Crippen LogP contribution in [0.15, 0.2) is 36.9 Å². The van der Waals surface area contributed by atoms with Gasteiger partial charge in [-0.3, -0.25) is 4.98 Å². The quantitative estimate of drug-likeness (QED) is 0.785. The molecule has 0 unspecified atom stereocenters. The first kappa shape index (κ1) is 13.8. The van der Waals surface area contributed by atoms with E-state index in [9.17, 15) is 0 Å². The van der Waals surface area contributed by atoms with Crippen LogP contribution in [-0.4, -0.2) is 44.8 Å². The van der Waals surface area contributed by atoms with E-state index in [-0.39, 0.29) is 0 Å². The fourth-order valence-electron chi connectivity index (χ4n) is 2.74. The molecule has 3 aromatic rings. The van der Waals surface area contributed by atoms with Crippen molar-refractivity contribution in [2.75, 3.05) is 29.9 Å². The van der Waals surface area contributed by atoms with Crippen LogP contribution in [0.25, 0.3) is 10.9 Å². The zero-order valence-electron chi connectivity index (χ0n) is 12.8. The summed E-state index contributed by atoms with van der Waals surface area (Å²) in [7, 11) is 0. The van der Waals surface area contributed by atoms with E-state index in [1.807, 2.05) is 25.1 Å². The zero-order chi connectivity index (χ0) is 15.6. The maximum absolute atomic E-state index is 4.34. The van der Waals surface area contributed by atoms with E-state index in [1.165, 1.54) is 0 Å². The smallest absolute Gasteiger partial charge is 0.151 e. The Labute approximate surface area is 133 Å². The molecule has 0 spiro atoms. The summed E-state index contributed by atoms with van der Waals surface area (Å²) in [5.74, 6) is 2.39. The molecule has 0 radical (unpaired) electrons. The number of aryl methyl sites for hydroxylation is 1. The highest BCUT2D eigenvalue weighted by Crippen LogP contribution is 2.23. The predicted octanol–water partition coefficient (Wildman–Crippen LogP) is 1.67. The lowest BCUT2D eigenvalue weighted by atomic mass is 10.0. The summed E-state index contributed by atoms with van der Waals surface area (Å²) in [5.41, 5.74) is 1.80. The number of nitrogens with one attached hydrogen (secondary N) is 1. The molecule has 7 heteroatoms. The van der Waals surface area contributed by atoms with Crippen LogP contribution in [0.3, 0.4) is 0 Å². The Kier molecular flexibility index (Phi) is 3.45. The van der Waals surface area contributed by atoms with Crippen molar-refractivity contribution in [2.45, 2.75) is 6.92 Å². The Hall–Kier alpha value is -2.83. The van der Waals surface area contributed by atoms with Gasteiger partial charge in [0.05, 0.1) is 17.4 Å². The van der Waals surface area contributed by atoms with Crippen molar-refractivity contribution < 1.29 is 0 Å². The summed E-state index contributed by atoms with van der Waals surface area (Å²) >= 11 is 0. The minimum absolute atomic E-state index is 0.574. The van der Waals surface area contributed by atoms with E-state index in [1.54, 1.807) is 18.7 Å². The van der Waals surface area contributed by atoms with Gasteiger partial charge in [0.1, 0.15) is 12.1 Å². The summed E-state index contributed by atoms with van der Waals surface area (Å²) < 4.78 is 0. The summed E-state index contributed by atoms with van der Waals surface area (Å²) in [4.78, 5) is 14.9. The van der Waals surface area contributed by atoms with E-state index in [2.05, 4.69) is 35.4 Å². The molecule has 116 valence electrons. The third kappa shape index (κ3) is 2.77. The Bertz CT molecular complexity index is 807. The average molecular weight is 307 g/mol. The third-order valence-electron chi connectivity index (χ3n) is 4.06. The molecule has 0 amide bonds. The van der Waals surface area contributed by atoms with Crippen LogP contribution < -0.4 is 10.2 Å². The molecule has 0 bridgehead atoms. The highest BCUT2D eigenvalue weighted by molar-refractivity contribution is 5.87. The second kappa shape index (κ2) is 5.75. The third-order valence-corrected chi connectivity index (χ3v) is 4.06. The lowest BCUT2D eigenvalue weighted by Crippen LogP contribution is -2.50.